The van der Waals surface area contributed by atoms with Crippen molar-refractivity contribution in [1.29, 1.82) is 0 Å². The van der Waals surface area contributed by atoms with Crippen LogP contribution in [0.1, 0.15) is 31.9 Å². The molecule has 1 aromatic rings. The Hall–Kier alpha value is -0.870. The van der Waals surface area contributed by atoms with E-state index in [1.807, 2.05) is 0 Å². The minimum absolute atomic E-state index is 0. The number of halogens is 3. The molecule has 2 nitrogen and oxygen atoms in total. The molecule has 0 saturated carbocycles. The Balaban J connectivity index is 0.00000128. The van der Waals surface area contributed by atoms with Crippen LogP contribution in [0.15, 0.2) is 12.1 Å². The summed E-state index contributed by atoms with van der Waals surface area (Å²) in [6, 6.07) is 2.25. The second-order valence-electron chi connectivity index (χ2n) is 4.45. The van der Waals surface area contributed by atoms with E-state index in [2.05, 4.69) is 0 Å². The third kappa shape index (κ3) is 2.13. The molecule has 1 aliphatic heterocycles. The van der Waals surface area contributed by atoms with E-state index < -0.39 is 17.2 Å². The topological polar surface area (TPSA) is 35.2 Å². The Bertz CT molecular complexity index is 409. The fourth-order valence-electron chi connectivity index (χ4n) is 1.90. The van der Waals surface area contributed by atoms with Gasteiger partial charge in [0, 0.05) is 18.0 Å². The summed E-state index contributed by atoms with van der Waals surface area (Å²) in [6.45, 7) is 3.61. The maximum Gasteiger partial charge on any atom is 0.200 e. The molecule has 0 bridgehead atoms. The predicted molar refractivity (Wildman–Crippen MR) is 59.9 cm³/mol. The highest BCUT2D eigenvalue weighted by Gasteiger charge is 2.34. The zero-order chi connectivity index (χ0) is 11.2. The second kappa shape index (κ2) is 4.18. The van der Waals surface area contributed by atoms with Crippen LogP contribution in [0.3, 0.4) is 0 Å². The summed E-state index contributed by atoms with van der Waals surface area (Å²) in [5.41, 5.74) is 5.85. The van der Waals surface area contributed by atoms with E-state index in [-0.39, 0.29) is 24.2 Å². The number of hydrogen-bond donors (Lipinski definition) is 1. The van der Waals surface area contributed by atoms with Gasteiger partial charge in [-0.2, -0.15) is 4.39 Å². The van der Waals surface area contributed by atoms with E-state index in [9.17, 15) is 8.78 Å². The first-order valence-electron chi connectivity index (χ1n) is 4.83. The number of hydrogen-bond acceptors (Lipinski definition) is 2. The summed E-state index contributed by atoms with van der Waals surface area (Å²) >= 11 is 0. The van der Waals surface area contributed by atoms with Crippen LogP contribution in [0.2, 0.25) is 0 Å². The van der Waals surface area contributed by atoms with Crippen LogP contribution < -0.4 is 10.5 Å². The first-order chi connectivity index (χ1) is 6.91. The molecule has 2 rings (SSSR count). The van der Waals surface area contributed by atoms with Crippen molar-refractivity contribution in [1.82, 2.24) is 0 Å². The van der Waals surface area contributed by atoms with Crippen molar-refractivity contribution < 1.29 is 13.5 Å². The van der Waals surface area contributed by atoms with Crippen molar-refractivity contribution >= 4 is 12.4 Å². The first-order valence-corrected chi connectivity index (χ1v) is 4.83. The van der Waals surface area contributed by atoms with Crippen molar-refractivity contribution in [3.8, 4) is 5.75 Å². The molecule has 0 aliphatic carbocycles. The zero-order valence-corrected chi connectivity index (χ0v) is 9.91. The van der Waals surface area contributed by atoms with Gasteiger partial charge in [-0.15, -0.1) is 12.4 Å². The van der Waals surface area contributed by atoms with Gasteiger partial charge >= 0.3 is 0 Å². The van der Waals surface area contributed by atoms with Crippen LogP contribution in [0.4, 0.5) is 8.78 Å². The van der Waals surface area contributed by atoms with E-state index in [1.165, 1.54) is 6.07 Å². The molecule has 0 saturated heterocycles. The average molecular weight is 250 g/mol. The van der Waals surface area contributed by atoms with Gasteiger partial charge in [0.1, 0.15) is 5.60 Å². The average Bonchev–Trinajstić information content (AvgIpc) is 2.10. The normalized spacial score (nSPS) is 21.7. The summed E-state index contributed by atoms with van der Waals surface area (Å²) in [7, 11) is 0. The van der Waals surface area contributed by atoms with Crippen molar-refractivity contribution in [2.45, 2.75) is 31.9 Å². The van der Waals surface area contributed by atoms with Gasteiger partial charge in [0.05, 0.1) is 0 Å². The summed E-state index contributed by atoms with van der Waals surface area (Å²) < 4.78 is 31.8. The van der Waals surface area contributed by atoms with Gasteiger partial charge in [-0.3, -0.25) is 0 Å². The molecule has 0 spiro atoms. The number of rotatable bonds is 0. The van der Waals surface area contributed by atoms with Crippen LogP contribution >= 0.6 is 12.4 Å². The van der Waals surface area contributed by atoms with Gasteiger partial charge in [-0.1, -0.05) is 6.07 Å². The first kappa shape index (κ1) is 13.2. The van der Waals surface area contributed by atoms with Crippen molar-refractivity contribution in [3.63, 3.8) is 0 Å². The minimum atomic E-state index is -0.948. The highest BCUT2D eigenvalue weighted by Crippen LogP contribution is 2.40. The van der Waals surface area contributed by atoms with E-state index in [4.69, 9.17) is 10.5 Å². The SMILES string of the molecule is CC1(C)C[C@@H](N)c2ccc(F)c(F)c2O1.Cl. The molecule has 5 heteroatoms. The Kier molecular flexibility index (Phi) is 3.45. The van der Waals surface area contributed by atoms with Crippen LogP contribution in [-0.4, -0.2) is 5.60 Å². The molecule has 0 unspecified atom stereocenters. The zero-order valence-electron chi connectivity index (χ0n) is 9.09. The summed E-state index contributed by atoms with van der Waals surface area (Å²) in [5.74, 6) is -1.90. The van der Waals surface area contributed by atoms with E-state index >= 15 is 0 Å². The summed E-state index contributed by atoms with van der Waals surface area (Å²) in [6.07, 6.45) is 0.588. The Morgan fingerprint density at radius 3 is 2.62 bits per heavy atom. The van der Waals surface area contributed by atoms with Crippen LogP contribution in [0.5, 0.6) is 5.75 Å². The van der Waals surface area contributed by atoms with Gasteiger partial charge in [0.25, 0.3) is 0 Å². The lowest BCUT2D eigenvalue weighted by molar-refractivity contribution is 0.0663. The molecule has 1 atom stereocenters. The Morgan fingerprint density at radius 1 is 1.38 bits per heavy atom. The number of benzene rings is 1. The third-order valence-electron chi connectivity index (χ3n) is 2.57. The highest BCUT2D eigenvalue weighted by atomic mass is 35.5. The summed E-state index contributed by atoms with van der Waals surface area (Å²) in [4.78, 5) is 0. The number of fused-ring (bicyclic) bond motifs is 1. The van der Waals surface area contributed by atoms with E-state index in [1.54, 1.807) is 13.8 Å². The number of ether oxygens (including phenoxy) is 1. The van der Waals surface area contributed by atoms with Gasteiger partial charge in [0.2, 0.25) is 5.82 Å². The third-order valence-corrected chi connectivity index (χ3v) is 2.57. The monoisotopic (exact) mass is 249 g/mol. The van der Waals surface area contributed by atoms with Crippen molar-refractivity contribution in [2.75, 3.05) is 0 Å². The van der Waals surface area contributed by atoms with E-state index in [0.717, 1.165) is 6.07 Å². The molecular formula is C11H14ClF2NO. The minimum Gasteiger partial charge on any atom is -0.484 e. The molecule has 0 aromatic heterocycles. The molecule has 1 aliphatic rings. The highest BCUT2D eigenvalue weighted by molar-refractivity contribution is 5.85. The largest absolute Gasteiger partial charge is 0.484 e. The lowest BCUT2D eigenvalue weighted by Crippen LogP contribution is -2.38. The molecule has 0 amide bonds. The molecule has 1 aromatic carbocycles. The maximum absolute atomic E-state index is 13.4. The Labute approximate surface area is 99.2 Å². The smallest absolute Gasteiger partial charge is 0.200 e. The lowest BCUT2D eigenvalue weighted by Gasteiger charge is -2.36. The molecule has 16 heavy (non-hydrogen) atoms. The van der Waals surface area contributed by atoms with Gasteiger partial charge in [0.15, 0.2) is 11.6 Å². The van der Waals surface area contributed by atoms with Gasteiger partial charge < -0.3 is 10.5 Å². The fourth-order valence-corrected chi connectivity index (χ4v) is 1.90. The standard InChI is InChI=1S/C11H13F2NO.ClH/c1-11(2)5-8(14)6-3-4-7(12)9(13)10(6)15-11;/h3-4,8H,5,14H2,1-2H3;1H/t8-;/m1./s1. The van der Waals surface area contributed by atoms with E-state index in [0.29, 0.717) is 12.0 Å². The van der Waals surface area contributed by atoms with Crippen LogP contribution in [0, 0.1) is 11.6 Å². The molecule has 2 N–H and O–H groups in total. The maximum atomic E-state index is 13.4. The molecule has 0 fully saturated rings. The lowest BCUT2D eigenvalue weighted by atomic mass is 9.90. The van der Waals surface area contributed by atoms with Gasteiger partial charge in [-0.25, -0.2) is 4.39 Å². The van der Waals surface area contributed by atoms with Gasteiger partial charge in [-0.05, 0) is 19.9 Å². The number of nitrogens with two attached hydrogens (primary N) is 1. The van der Waals surface area contributed by atoms with Crippen molar-refractivity contribution in [3.05, 3.63) is 29.3 Å². The second-order valence-corrected chi connectivity index (χ2v) is 4.45. The predicted octanol–water partition coefficient (Wildman–Crippen LogP) is 2.95. The van der Waals surface area contributed by atoms with Crippen LogP contribution in [-0.2, 0) is 0 Å². The fraction of sp³-hybridized carbons (Fsp3) is 0.455. The molecule has 1 heterocycles. The van der Waals surface area contributed by atoms with Crippen molar-refractivity contribution in [2.24, 2.45) is 5.73 Å². The quantitative estimate of drug-likeness (QED) is 0.767. The molecule has 90 valence electrons. The molecular weight excluding hydrogens is 236 g/mol. The molecule has 0 radical (unpaired) electrons. The Morgan fingerprint density at radius 2 is 2.00 bits per heavy atom. The summed E-state index contributed by atoms with van der Waals surface area (Å²) in [5, 5.41) is 0. The van der Waals surface area contributed by atoms with Crippen LogP contribution in [0.25, 0.3) is 0 Å².